The highest BCUT2D eigenvalue weighted by Gasteiger charge is 2.35. The molecule has 2 saturated heterocycles. The lowest BCUT2D eigenvalue weighted by Crippen LogP contribution is -2.53. The summed E-state index contributed by atoms with van der Waals surface area (Å²) in [7, 11) is 2.00. The first kappa shape index (κ1) is 12.8. The molecule has 2 heterocycles. The number of carbonyl (C=O) groups is 1. The first-order valence-electron chi connectivity index (χ1n) is 6.67. The maximum absolute atomic E-state index is 12.2. The zero-order valence-electron chi connectivity index (χ0n) is 11.2. The molecule has 2 unspecified atom stereocenters. The number of nitrogens with zero attached hydrogens (tertiary/aromatic N) is 1. The molecule has 0 bridgehead atoms. The van der Waals surface area contributed by atoms with Crippen LogP contribution in [-0.2, 0) is 9.53 Å². The Kier molecular flexibility index (Phi) is 3.73. The highest BCUT2D eigenvalue weighted by Crippen LogP contribution is 2.25. The molecule has 1 amide bonds. The Hall–Kier alpha value is -0.610. The van der Waals surface area contributed by atoms with E-state index < -0.39 is 0 Å². The van der Waals surface area contributed by atoms with Crippen LogP contribution >= 0.6 is 0 Å². The number of piperidine rings is 1. The summed E-state index contributed by atoms with van der Waals surface area (Å²) in [6.45, 7) is 5.97. The molecule has 0 aromatic carbocycles. The Morgan fingerprint density at radius 3 is 2.47 bits per heavy atom. The topological polar surface area (TPSA) is 41.6 Å². The summed E-state index contributed by atoms with van der Waals surface area (Å²) in [4.78, 5) is 14.2. The van der Waals surface area contributed by atoms with Gasteiger partial charge in [-0.3, -0.25) is 4.79 Å². The Morgan fingerprint density at radius 2 is 2.00 bits per heavy atom. The molecule has 2 fully saturated rings. The van der Waals surface area contributed by atoms with Crippen molar-refractivity contribution in [3.05, 3.63) is 0 Å². The molecule has 17 heavy (non-hydrogen) atoms. The van der Waals surface area contributed by atoms with Crippen LogP contribution in [0.2, 0.25) is 0 Å². The second-order valence-electron chi connectivity index (χ2n) is 5.65. The lowest BCUT2D eigenvalue weighted by Gasteiger charge is -2.40. The summed E-state index contributed by atoms with van der Waals surface area (Å²) in [6, 6.07) is 0. The minimum atomic E-state index is -0.177. The smallest absolute Gasteiger partial charge is 0.251 e. The van der Waals surface area contributed by atoms with Gasteiger partial charge in [-0.1, -0.05) is 0 Å². The SMILES string of the molecule is CNC1(C)CCN(C(=O)C2CCC(C)O2)CC1. The number of carbonyl (C=O) groups excluding carboxylic acids is 1. The van der Waals surface area contributed by atoms with Gasteiger partial charge in [0.15, 0.2) is 0 Å². The third-order valence-corrected chi connectivity index (χ3v) is 4.29. The van der Waals surface area contributed by atoms with Crippen LogP contribution in [0, 0.1) is 0 Å². The van der Waals surface area contributed by atoms with Crippen LogP contribution in [0.3, 0.4) is 0 Å². The highest BCUT2D eigenvalue weighted by atomic mass is 16.5. The number of likely N-dealkylation sites (tertiary alicyclic amines) is 1. The first-order valence-corrected chi connectivity index (χ1v) is 6.67. The molecule has 1 N–H and O–H groups in total. The monoisotopic (exact) mass is 240 g/mol. The lowest BCUT2D eigenvalue weighted by atomic mass is 9.89. The molecule has 2 aliphatic rings. The molecule has 4 nitrogen and oxygen atoms in total. The van der Waals surface area contributed by atoms with Crippen LogP contribution in [0.4, 0.5) is 0 Å². The van der Waals surface area contributed by atoms with E-state index in [9.17, 15) is 4.79 Å². The fourth-order valence-electron chi connectivity index (χ4n) is 2.66. The molecule has 0 aromatic rings. The quantitative estimate of drug-likeness (QED) is 0.787. The Morgan fingerprint density at radius 1 is 1.35 bits per heavy atom. The number of amides is 1. The van der Waals surface area contributed by atoms with Crippen LogP contribution in [0.1, 0.15) is 39.5 Å². The van der Waals surface area contributed by atoms with Gasteiger partial charge in [0, 0.05) is 18.6 Å². The van der Waals surface area contributed by atoms with E-state index in [1.54, 1.807) is 0 Å². The van der Waals surface area contributed by atoms with Gasteiger partial charge in [-0.15, -0.1) is 0 Å². The van der Waals surface area contributed by atoms with Gasteiger partial charge >= 0.3 is 0 Å². The van der Waals surface area contributed by atoms with Gasteiger partial charge in [-0.2, -0.15) is 0 Å². The standard InChI is InChI=1S/C13H24N2O2/c1-10-4-5-11(17-10)12(16)15-8-6-13(2,14-3)7-9-15/h10-11,14H,4-9H2,1-3H3. The molecule has 2 rings (SSSR count). The summed E-state index contributed by atoms with van der Waals surface area (Å²) in [5.74, 6) is 0.201. The van der Waals surface area contributed by atoms with E-state index in [0.29, 0.717) is 0 Å². The van der Waals surface area contributed by atoms with Gasteiger partial charge in [0.2, 0.25) is 0 Å². The van der Waals surface area contributed by atoms with Gasteiger partial charge in [0.1, 0.15) is 6.10 Å². The van der Waals surface area contributed by atoms with E-state index in [1.807, 2.05) is 18.9 Å². The molecule has 2 aliphatic heterocycles. The van der Waals surface area contributed by atoms with Gasteiger partial charge in [-0.25, -0.2) is 0 Å². The summed E-state index contributed by atoms with van der Waals surface area (Å²) < 4.78 is 5.65. The fraction of sp³-hybridized carbons (Fsp3) is 0.923. The van der Waals surface area contributed by atoms with Crippen molar-refractivity contribution < 1.29 is 9.53 Å². The lowest BCUT2D eigenvalue weighted by molar-refractivity contribution is -0.144. The number of ether oxygens (including phenoxy) is 1. The van der Waals surface area contributed by atoms with E-state index in [4.69, 9.17) is 4.74 Å². The van der Waals surface area contributed by atoms with Crippen molar-refractivity contribution in [1.29, 1.82) is 0 Å². The van der Waals surface area contributed by atoms with E-state index in [-0.39, 0.29) is 23.7 Å². The molecular weight excluding hydrogens is 216 g/mol. The predicted molar refractivity (Wildman–Crippen MR) is 66.8 cm³/mol. The molecule has 0 aliphatic carbocycles. The predicted octanol–water partition coefficient (Wildman–Crippen LogP) is 1.15. The zero-order chi connectivity index (χ0) is 12.5. The van der Waals surface area contributed by atoms with E-state index in [2.05, 4.69) is 12.2 Å². The number of hydrogen-bond donors (Lipinski definition) is 1. The Bertz CT molecular complexity index is 285. The number of hydrogen-bond acceptors (Lipinski definition) is 3. The van der Waals surface area contributed by atoms with Crippen LogP contribution in [0.5, 0.6) is 0 Å². The van der Waals surface area contributed by atoms with Crippen molar-refractivity contribution in [2.24, 2.45) is 0 Å². The van der Waals surface area contributed by atoms with Crippen LogP contribution < -0.4 is 5.32 Å². The van der Waals surface area contributed by atoms with Gasteiger partial charge in [0.05, 0.1) is 6.10 Å². The largest absolute Gasteiger partial charge is 0.365 e. The molecule has 2 atom stereocenters. The summed E-state index contributed by atoms with van der Waals surface area (Å²) in [6.07, 6.45) is 4.02. The van der Waals surface area contributed by atoms with Crippen LogP contribution in [-0.4, -0.2) is 48.7 Å². The first-order chi connectivity index (χ1) is 8.04. The van der Waals surface area contributed by atoms with Crippen molar-refractivity contribution in [3.8, 4) is 0 Å². The Labute approximate surface area is 104 Å². The normalized spacial score (nSPS) is 32.8. The highest BCUT2D eigenvalue weighted by molar-refractivity contribution is 5.81. The summed E-state index contributed by atoms with van der Waals surface area (Å²) >= 11 is 0. The second-order valence-corrected chi connectivity index (χ2v) is 5.65. The second kappa shape index (κ2) is 4.94. The number of rotatable bonds is 2. The molecule has 4 heteroatoms. The molecule has 0 saturated carbocycles. The minimum Gasteiger partial charge on any atom is -0.365 e. The van der Waals surface area contributed by atoms with Crippen molar-refractivity contribution >= 4 is 5.91 Å². The Balaban J connectivity index is 1.86. The molecule has 0 radical (unpaired) electrons. The molecule has 0 aromatic heterocycles. The summed E-state index contributed by atoms with van der Waals surface area (Å²) in [5, 5.41) is 3.35. The zero-order valence-corrected chi connectivity index (χ0v) is 11.2. The molecule has 0 spiro atoms. The van der Waals surface area contributed by atoms with Crippen molar-refractivity contribution in [1.82, 2.24) is 10.2 Å². The average molecular weight is 240 g/mol. The fourth-order valence-corrected chi connectivity index (χ4v) is 2.66. The van der Waals surface area contributed by atoms with E-state index in [1.165, 1.54) is 0 Å². The summed E-state index contributed by atoms with van der Waals surface area (Å²) in [5.41, 5.74) is 0.195. The van der Waals surface area contributed by atoms with Gasteiger partial charge in [-0.05, 0) is 46.6 Å². The third-order valence-electron chi connectivity index (χ3n) is 4.29. The average Bonchev–Trinajstić information content (AvgIpc) is 2.76. The third kappa shape index (κ3) is 2.80. The van der Waals surface area contributed by atoms with Crippen molar-refractivity contribution in [2.75, 3.05) is 20.1 Å². The van der Waals surface area contributed by atoms with E-state index in [0.717, 1.165) is 38.8 Å². The number of nitrogens with one attached hydrogen (secondary N) is 1. The maximum Gasteiger partial charge on any atom is 0.251 e. The van der Waals surface area contributed by atoms with Crippen LogP contribution in [0.15, 0.2) is 0 Å². The van der Waals surface area contributed by atoms with Crippen LogP contribution in [0.25, 0.3) is 0 Å². The maximum atomic E-state index is 12.2. The van der Waals surface area contributed by atoms with Gasteiger partial charge in [0.25, 0.3) is 5.91 Å². The molecule has 98 valence electrons. The van der Waals surface area contributed by atoms with Crippen molar-refractivity contribution in [2.45, 2.75) is 57.3 Å². The minimum absolute atomic E-state index is 0.177. The van der Waals surface area contributed by atoms with Crippen molar-refractivity contribution in [3.63, 3.8) is 0 Å². The van der Waals surface area contributed by atoms with E-state index >= 15 is 0 Å². The molecular formula is C13H24N2O2. The van der Waals surface area contributed by atoms with Gasteiger partial charge < -0.3 is 15.0 Å².